The third-order valence-corrected chi connectivity index (χ3v) is 29.1. The first kappa shape index (κ1) is 106. The van der Waals surface area contributed by atoms with Crippen LogP contribution in [0.1, 0.15) is 313 Å². The molecule has 0 saturated heterocycles. The lowest BCUT2D eigenvalue weighted by atomic mass is 9.88. The molecular weight excluding hydrogens is 1680 g/mol. The Hall–Kier alpha value is -8.71. The summed E-state index contributed by atoms with van der Waals surface area (Å²) in [5, 5.41) is 20.9. The molecular formula is C114H160N7O7S3+3. The molecule has 5 aromatic carbocycles. The van der Waals surface area contributed by atoms with Crippen LogP contribution in [0.4, 0.5) is 22.7 Å². The minimum absolute atomic E-state index is 0.0247. The largest absolute Gasteiger partial charge is 0.748 e. The number of ether oxygens (including phenoxy) is 1. The zero-order chi connectivity index (χ0) is 93.2. The van der Waals surface area contributed by atoms with Crippen molar-refractivity contribution in [2.24, 2.45) is 11.8 Å². The number of carbonyl (C=O) groups excluding carboxylic acids is 1. The minimum Gasteiger partial charge on any atom is -0.748 e. The molecule has 0 fully saturated rings. The van der Waals surface area contributed by atoms with Crippen LogP contribution >= 0.6 is 23.5 Å². The third kappa shape index (κ3) is 36.9. The molecule has 0 atom stereocenters. The van der Waals surface area contributed by atoms with Gasteiger partial charge in [-0.2, -0.15) is 0 Å². The monoisotopic (exact) mass is 1840 g/mol. The number of aliphatic hydroxyl groups is 1. The average Bonchev–Trinajstić information content (AvgIpc) is 0.750. The highest BCUT2D eigenvalue weighted by Crippen LogP contribution is 2.53. The maximum atomic E-state index is 11.3. The van der Waals surface area contributed by atoms with E-state index in [9.17, 15) is 28.0 Å². The van der Waals surface area contributed by atoms with Gasteiger partial charge in [0.2, 0.25) is 0 Å². The molecule has 14 nitrogen and oxygen atoms in total. The SMILES string of the molecule is CCC(CC)Cc1ccc2c(c1)Cc1ccc(CC(CC)CC)cc1N2CCC(=O)[O-].CCCCCCCC[n+]1ccc(-c2cc[n+](CCCCCCCC)cc2)cc1.CCCCCCCC[n+]1ccc(-c2cc[n+](CCCCCCCC)cc2)cc1.CCCC[n+]1ccccc1.COc1ccc2c(c1)Sc1cc3c(cc1C2)Sc1cc(CO)ccc1N3CCCCS(=O)(=O)[O-]. The summed E-state index contributed by atoms with van der Waals surface area (Å²) in [6.45, 7) is 27.1. The van der Waals surface area contributed by atoms with Crippen LogP contribution in [0.2, 0.25) is 0 Å². The summed E-state index contributed by atoms with van der Waals surface area (Å²) in [4.78, 5) is 20.3. The average molecular weight is 1840 g/mol. The predicted octanol–water partition coefficient (Wildman–Crippen LogP) is 26.1. The van der Waals surface area contributed by atoms with Gasteiger partial charge in [0.15, 0.2) is 62.0 Å². The molecule has 1 N–H and O–H groups in total. The number of aromatic nitrogens is 5. The minimum atomic E-state index is -4.22. The van der Waals surface area contributed by atoms with Gasteiger partial charge >= 0.3 is 0 Å². The lowest BCUT2D eigenvalue weighted by molar-refractivity contribution is -0.697. The molecule has 0 saturated carbocycles. The van der Waals surface area contributed by atoms with Gasteiger partial charge in [-0.15, -0.1) is 0 Å². The summed E-state index contributed by atoms with van der Waals surface area (Å²) in [5.41, 5.74) is 18.4. The smallest absolute Gasteiger partial charge is 0.169 e. The predicted molar refractivity (Wildman–Crippen MR) is 541 cm³/mol. The van der Waals surface area contributed by atoms with Crippen molar-refractivity contribution in [3.05, 3.63) is 253 Å². The molecule has 131 heavy (non-hydrogen) atoms. The van der Waals surface area contributed by atoms with Crippen LogP contribution in [0.5, 0.6) is 5.75 Å². The van der Waals surface area contributed by atoms with Crippen molar-refractivity contribution in [3.8, 4) is 28.0 Å². The first-order valence-electron chi connectivity index (χ1n) is 50.7. The summed E-state index contributed by atoms with van der Waals surface area (Å²) in [6.07, 6.45) is 66.8. The molecule has 0 aliphatic carbocycles. The van der Waals surface area contributed by atoms with Crippen LogP contribution in [-0.2, 0) is 79.9 Å². The van der Waals surface area contributed by atoms with Crippen molar-refractivity contribution in [2.45, 2.75) is 359 Å². The number of aryl methyl sites for hydroxylation is 5. The first-order chi connectivity index (χ1) is 63.9. The number of carboxylic acids is 1. The first-order valence-corrected chi connectivity index (χ1v) is 53.9. The van der Waals surface area contributed by atoms with E-state index in [0.29, 0.717) is 31.8 Å². The second-order valence-corrected chi connectivity index (χ2v) is 40.0. The Kier molecular flexibility index (Phi) is 48.4. The normalized spacial score (nSPS) is 12.2. The van der Waals surface area contributed by atoms with E-state index in [1.807, 2.05) is 30.3 Å². The maximum Gasteiger partial charge on any atom is 0.169 e. The fraction of sp³-hybridized carbons (Fsp3) is 0.509. The number of hydrogen-bond acceptors (Lipinski definition) is 11. The van der Waals surface area contributed by atoms with E-state index in [1.54, 1.807) is 30.6 Å². The highest BCUT2D eigenvalue weighted by Gasteiger charge is 2.29. The Balaban J connectivity index is 0.000000190. The van der Waals surface area contributed by atoms with Crippen molar-refractivity contribution in [2.75, 3.05) is 35.8 Å². The molecule has 0 bridgehead atoms. The van der Waals surface area contributed by atoms with E-state index < -0.39 is 16.1 Å². The Bertz CT molecular complexity index is 4800. The molecule has 10 aromatic rings. The second-order valence-electron chi connectivity index (χ2n) is 36.3. The number of methoxy groups -OCH3 is 1. The van der Waals surface area contributed by atoms with Crippen LogP contribution in [-0.4, -0.2) is 50.0 Å². The molecule has 0 amide bonds. The number of rotatable bonds is 51. The number of pyridine rings is 5. The highest BCUT2D eigenvalue weighted by atomic mass is 32.2. The van der Waals surface area contributed by atoms with Gasteiger partial charge in [-0.05, 0) is 179 Å². The number of fused-ring (bicyclic) bond motifs is 6. The molecule has 0 spiro atoms. The Morgan fingerprint density at radius 3 is 1.23 bits per heavy atom. The highest BCUT2D eigenvalue weighted by molar-refractivity contribution is 8.00. The zero-order valence-corrected chi connectivity index (χ0v) is 84.1. The molecule has 5 aromatic heterocycles. The molecule has 3 aliphatic rings. The lowest BCUT2D eigenvalue weighted by Crippen LogP contribution is -2.33. The summed E-state index contributed by atoms with van der Waals surface area (Å²) in [7, 11) is -2.54. The van der Waals surface area contributed by atoms with E-state index in [1.165, 1.54) is 264 Å². The Labute approximate surface area is 799 Å². The van der Waals surface area contributed by atoms with Crippen molar-refractivity contribution in [3.63, 3.8) is 0 Å². The van der Waals surface area contributed by atoms with Crippen LogP contribution in [0.15, 0.2) is 233 Å². The van der Waals surface area contributed by atoms with Crippen molar-refractivity contribution >= 4 is 62.4 Å². The van der Waals surface area contributed by atoms with E-state index in [4.69, 9.17) is 4.74 Å². The van der Waals surface area contributed by atoms with Crippen LogP contribution < -0.4 is 42.5 Å². The topological polar surface area (TPSA) is 153 Å². The number of unbranched alkanes of at least 4 members (excludes halogenated alkanes) is 22. The number of carbonyl (C=O) groups is 1. The molecule has 708 valence electrons. The number of aliphatic carboxylic acids is 1. The van der Waals surface area contributed by atoms with Gasteiger partial charge in [-0.1, -0.05) is 263 Å². The zero-order valence-electron chi connectivity index (χ0n) is 81.6. The second kappa shape index (κ2) is 59.8. The van der Waals surface area contributed by atoms with Gasteiger partial charge in [-0.25, -0.2) is 31.3 Å². The van der Waals surface area contributed by atoms with E-state index >= 15 is 0 Å². The lowest BCUT2D eigenvalue weighted by Gasteiger charge is -2.34. The van der Waals surface area contributed by atoms with E-state index in [0.717, 1.165) is 102 Å². The summed E-state index contributed by atoms with van der Waals surface area (Å²) in [5.74, 6) is 0.908. The van der Waals surface area contributed by atoms with E-state index in [2.05, 4.69) is 278 Å². The van der Waals surface area contributed by atoms with Gasteiger partial charge in [0.25, 0.3) is 0 Å². The number of anilines is 4. The van der Waals surface area contributed by atoms with Crippen LogP contribution in [0.25, 0.3) is 22.3 Å². The summed E-state index contributed by atoms with van der Waals surface area (Å²) >= 11 is 3.43. The molecule has 0 unspecified atom stereocenters. The van der Waals surface area contributed by atoms with Gasteiger partial charge in [-0.3, -0.25) is 0 Å². The third-order valence-electron chi connectivity index (χ3n) is 26.1. The molecule has 8 heterocycles. The summed E-state index contributed by atoms with van der Waals surface area (Å²) < 4.78 is 50.1. The van der Waals surface area contributed by atoms with Gasteiger partial charge < -0.3 is 34.1 Å². The maximum absolute atomic E-state index is 11.3. The fourth-order valence-electron chi connectivity index (χ4n) is 17.7. The van der Waals surface area contributed by atoms with Crippen molar-refractivity contribution in [1.29, 1.82) is 0 Å². The molecule has 3 aliphatic heterocycles. The number of benzene rings is 5. The quantitative estimate of drug-likeness (QED) is 0.0220. The van der Waals surface area contributed by atoms with Crippen LogP contribution in [0, 0.1) is 11.8 Å². The molecule has 17 heteroatoms. The van der Waals surface area contributed by atoms with Crippen molar-refractivity contribution in [1.82, 2.24) is 0 Å². The van der Waals surface area contributed by atoms with Crippen LogP contribution in [0.3, 0.4) is 0 Å². The summed E-state index contributed by atoms with van der Waals surface area (Å²) in [6, 6.07) is 54.4. The molecule has 0 radical (unpaired) electrons. The fourth-order valence-corrected chi connectivity index (χ4v) is 20.5. The molecule has 13 rings (SSSR count). The standard InChI is InChI=1S/C28H39NO2.2C26H42N2.C25H25NO5S3.C9H14N/c1-5-20(6-2)15-22-10-12-26-25(17-22)19-24-11-9-23(16-21(7-3)8-4)18-27(24)29(26)14-13-28(30)31;2*1-3-5-7-9-11-13-19-27-21-15-25(16-22-27)26-17-23-28(24-18-26)20-14-12-10-8-6-4-2;1-31-19-6-5-17-11-18-12-25-21(14-23(18)32-22(17)13-19)26(8-2-3-9-34(28,29)30)20-7-4-16(15-27)10-24(20)33-25;1-2-3-7-10-8-5-4-6-9-10/h9-12,17-18,20-21H,5-8,13-16,19H2,1-4H3,(H,30,31);2*15-18,21-24H,3-14,19-20H2,1-2H3;4-7,10,12-14,27H,2-3,8-9,11,15H2,1H3,(H,28,29,30);4-6,8-9H,2-3,7H2,1H3/q;2*+2;;+1/p-2. The number of hydrogen-bond donors (Lipinski definition) is 1. The Morgan fingerprint density at radius 1 is 0.374 bits per heavy atom. The Morgan fingerprint density at radius 2 is 0.771 bits per heavy atom. The van der Waals surface area contributed by atoms with Crippen molar-refractivity contribution < 1.29 is 55.6 Å². The van der Waals surface area contributed by atoms with E-state index in [-0.39, 0.29) is 18.8 Å². The number of nitrogens with zero attached hydrogens (tertiary/aromatic N) is 7. The number of aliphatic hydroxyl groups excluding tert-OH is 1. The number of carboxylic acid groups (broad SMARTS) is 1. The van der Waals surface area contributed by atoms with Gasteiger partial charge in [0, 0.05) is 161 Å². The van der Waals surface area contributed by atoms with Gasteiger partial charge in [0.05, 0.1) is 35.2 Å². The van der Waals surface area contributed by atoms with Gasteiger partial charge in [0.1, 0.15) is 38.5 Å².